The minimum atomic E-state index is -0.582. The number of nitrogens with zero attached hydrogens (tertiary/aromatic N) is 6. The van der Waals surface area contributed by atoms with Gasteiger partial charge in [0.05, 0.1) is 6.21 Å². The van der Waals surface area contributed by atoms with E-state index in [9.17, 15) is 4.79 Å². The number of amides is 1. The van der Waals surface area contributed by atoms with E-state index in [2.05, 4.69) is 35.8 Å². The van der Waals surface area contributed by atoms with E-state index in [4.69, 9.17) is 15.2 Å². The highest BCUT2D eigenvalue weighted by Crippen LogP contribution is 2.37. The van der Waals surface area contributed by atoms with Gasteiger partial charge in [0, 0.05) is 10.5 Å². The molecule has 5 rings (SSSR count). The van der Waals surface area contributed by atoms with E-state index >= 15 is 0 Å². The number of anilines is 1. The van der Waals surface area contributed by atoms with Crippen LogP contribution in [0.3, 0.4) is 0 Å². The number of carbonyl (C=O) groups excluding carboxylic acids is 1. The third kappa shape index (κ3) is 3.96. The molecule has 0 fully saturated rings. The van der Waals surface area contributed by atoms with E-state index in [0.717, 1.165) is 10.5 Å². The third-order valence-electron chi connectivity index (χ3n) is 4.72. The zero-order chi connectivity index (χ0) is 22.8. The van der Waals surface area contributed by atoms with E-state index in [1.165, 1.54) is 10.9 Å². The predicted octanol–water partition coefficient (Wildman–Crippen LogP) is 2.11. The van der Waals surface area contributed by atoms with Crippen LogP contribution >= 0.6 is 11.8 Å². The van der Waals surface area contributed by atoms with Crippen LogP contribution < -0.4 is 20.6 Å². The molecule has 33 heavy (non-hydrogen) atoms. The second-order valence-electron chi connectivity index (χ2n) is 6.71. The lowest BCUT2D eigenvalue weighted by molar-refractivity contribution is 0.0950. The summed E-state index contributed by atoms with van der Waals surface area (Å²) in [5.41, 5.74) is 9.99. The fourth-order valence-electron chi connectivity index (χ4n) is 3.13. The van der Waals surface area contributed by atoms with Gasteiger partial charge in [-0.2, -0.15) is 9.78 Å². The molecule has 1 amide bonds. The molecule has 3 N–H and O–H groups in total. The van der Waals surface area contributed by atoms with E-state index < -0.39 is 5.91 Å². The molecule has 2 aromatic heterocycles. The van der Waals surface area contributed by atoms with Crippen molar-refractivity contribution in [3.63, 3.8) is 0 Å². The number of fused-ring (bicyclic) bond motifs is 1. The Bertz CT molecular complexity index is 1350. The van der Waals surface area contributed by atoms with Gasteiger partial charge in [0.1, 0.15) is 5.69 Å². The molecule has 1 aliphatic rings. The van der Waals surface area contributed by atoms with Crippen molar-refractivity contribution < 1.29 is 18.9 Å². The Balaban J connectivity index is 1.48. The maximum absolute atomic E-state index is 12.9. The number of hydrogen-bond acceptors (Lipinski definition) is 11. The van der Waals surface area contributed by atoms with Crippen LogP contribution in [-0.2, 0) is 0 Å². The summed E-state index contributed by atoms with van der Waals surface area (Å²) in [5, 5.41) is 19.4. The van der Waals surface area contributed by atoms with Gasteiger partial charge >= 0.3 is 0 Å². The summed E-state index contributed by atoms with van der Waals surface area (Å²) in [4.78, 5) is 14.1. The number of nitrogens with two attached hydrogens (primary N) is 1. The van der Waals surface area contributed by atoms with Gasteiger partial charge in [0.15, 0.2) is 17.2 Å². The van der Waals surface area contributed by atoms with Gasteiger partial charge in [0.2, 0.25) is 18.4 Å². The molecule has 3 heterocycles. The fraction of sp³-hybridized carbons (Fsp3) is 0.100. The monoisotopic (exact) mass is 464 g/mol. The second kappa shape index (κ2) is 8.63. The number of aromatic nitrogens is 5. The number of rotatable bonds is 6. The first-order valence-electron chi connectivity index (χ1n) is 9.55. The van der Waals surface area contributed by atoms with Crippen LogP contribution in [0.1, 0.15) is 16.1 Å². The number of hydrazone groups is 1. The number of carbonyl (C=O) groups is 1. The van der Waals surface area contributed by atoms with Crippen molar-refractivity contribution >= 4 is 29.7 Å². The minimum Gasteiger partial charge on any atom is -0.454 e. The molecular formula is C20H16N8O4S. The Morgan fingerprint density at radius 3 is 2.76 bits per heavy atom. The molecule has 166 valence electrons. The number of benzene rings is 2. The van der Waals surface area contributed by atoms with Crippen molar-refractivity contribution in [2.75, 3.05) is 18.8 Å². The molecule has 13 heteroatoms. The van der Waals surface area contributed by atoms with E-state index in [-0.39, 0.29) is 24.1 Å². The maximum atomic E-state index is 12.9. The van der Waals surface area contributed by atoms with Crippen LogP contribution in [0.15, 0.2) is 57.1 Å². The second-order valence-corrected chi connectivity index (χ2v) is 7.59. The van der Waals surface area contributed by atoms with Crippen molar-refractivity contribution in [3.8, 4) is 28.6 Å². The molecule has 0 aliphatic carbocycles. The molecule has 0 bridgehead atoms. The zero-order valence-electron chi connectivity index (χ0n) is 17.1. The Hall–Kier alpha value is -4.39. The summed E-state index contributed by atoms with van der Waals surface area (Å²) in [6, 6.07) is 12.9. The molecular weight excluding hydrogens is 448 g/mol. The van der Waals surface area contributed by atoms with E-state index in [1.54, 1.807) is 30.0 Å². The Morgan fingerprint density at radius 2 is 2.00 bits per heavy atom. The lowest BCUT2D eigenvalue weighted by Crippen LogP contribution is -2.19. The maximum Gasteiger partial charge on any atom is 0.294 e. The fourth-order valence-corrected chi connectivity index (χ4v) is 3.54. The summed E-state index contributed by atoms with van der Waals surface area (Å²) in [5.74, 6) is 0.598. The van der Waals surface area contributed by atoms with Crippen LogP contribution in [-0.4, -0.2) is 50.5 Å². The van der Waals surface area contributed by atoms with Crippen molar-refractivity contribution in [1.29, 1.82) is 0 Å². The van der Waals surface area contributed by atoms with Gasteiger partial charge in [0.25, 0.3) is 5.91 Å². The van der Waals surface area contributed by atoms with Crippen LogP contribution in [0.4, 0.5) is 5.82 Å². The highest BCUT2D eigenvalue weighted by atomic mass is 32.2. The molecule has 0 atom stereocenters. The normalized spacial score (nSPS) is 12.4. The smallest absolute Gasteiger partial charge is 0.294 e. The van der Waals surface area contributed by atoms with Gasteiger partial charge in [-0.1, -0.05) is 17.3 Å². The quantitative estimate of drug-likeness (QED) is 0.246. The summed E-state index contributed by atoms with van der Waals surface area (Å²) in [6.07, 6.45) is 3.53. The van der Waals surface area contributed by atoms with Crippen LogP contribution in [0.5, 0.6) is 11.5 Å². The van der Waals surface area contributed by atoms with Crippen molar-refractivity contribution in [2.45, 2.75) is 4.90 Å². The van der Waals surface area contributed by atoms with Crippen LogP contribution in [0.2, 0.25) is 0 Å². The van der Waals surface area contributed by atoms with E-state index in [1.807, 2.05) is 30.5 Å². The number of ether oxygens (including phenoxy) is 2. The molecule has 0 unspecified atom stereocenters. The van der Waals surface area contributed by atoms with Gasteiger partial charge in [-0.15, -0.1) is 16.9 Å². The van der Waals surface area contributed by atoms with Crippen molar-refractivity contribution in [2.24, 2.45) is 5.10 Å². The first-order chi connectivity index (χ1) is 16.1. The third-order valence-corrected chi connectivity index (χ3v) is 5.47. The predicted molar refractivity (Wildman–Crippen MR) is 118 cm³/mol. The van der Waals surface area contributed by atoms with Gasteiger partial charge < -0.3 is 15.2 Å². The molecule has 2 aromatic carbocycles. The summed E-state index contributed by atoms with van der Waals surface area (Å²) in [6.45, 7) is 0.108. The molecule has 0 saturated heterocycles. The molecule has 12 nitrogen and oxygen atoms in total. The minimum absolute atomic E-state index is 0.00820. The zero-order valence-corrected chi connectivity index (χ0v) is 17.9. The summed E-state index contributed by atoms with van der Waals surface area (Å²) in [7, 11) is 0. The Kier molecular flexibility index (Phi) is 5.36. The first-order valence-corrected chi connectivity index (χ1v) is 10.8. The van der Waals surface area contributed by atoms with Gasteiger partial charge in [-0.05, 0) is 52.5 Å². The average molecular weight is 464 g/mol. The SMILES string of the molecule is CSc1ccc(/C=N\NC(=O)c2nnn(-c3nonc3N)c2-c2ccc3c(c2)OCO3)cc1. The lowest BCUT2D eigenvalue weighted by Gasteiger charge is -2.07. The largest absolute Gasteiger partial charge is 0.454 e. The van der Waals surface area contributed by atoms with Crippen molar-refractivity contribution in [1.82, 2.24) is 30.7 Å². The molecule has 0 saturated carbocycles. The summed E-state index contributed by atoms with van der Waals surface area (Å²) < 4.78 is 16.8. The number of nitrogen functional groups attached to an aromatic ring is 1. The Morgan fingerprint density at radius 1 is 1.18 bits per heavy atom. The lowest BCUT2D eigenvalue weighted by atomic mass is 10.1. The average Bonchev–Trinajstić information content (AvgIpc) is 3.58. The Labute approximate surface area is 190 Å². The molecule has 0 radical (unpaired) electrons. The first kappa shape index (κ1) is 20.5. The highest BCUT2D eigenvalue weighted by Gasteiger charge is 2.26. The van der Waals surface area contributed by atoms with E-state index in [0.29, 0.717) is 22.8 Å². The molecule has 0 spiro atoms. The standard InChI is InChI=1S/C20H16N8O4S/c1-33-13-5-2-11(3-6-13)9-22-24-20(29)16-17(12-4-7-14-15(8-12)31-10-30-14)28(27-23-16)19-18(21)25-32-26-19/h2-9H,10H2,1H3,(H2,21,25)(H,24,29)/b22-9-. The molecule has 1 aliphatic heterocycles. The van der Waals surface area contributed by atoms with Crippen molar-refractivity contribution in [3.05, 3.63) is 53.7 Å². The number of thioether (sulfide) groups is 1. The topological polar surface area (TPSA) is 156 Å². The summed E-state index contributed by atoms with van der Waals surface area (Å²) >= 11 is 1.64. The molecule has 4 aromatic rings. The van der Waals surface area contributed by atoms with Crippen LogP contribution in [0.25, 0.3) is 17.1 Å². The number of hydrogen-bond donors (Lipinski definition) is 2. The van der Waals surface area contributed by atoms with Gasteiger partial charge in [-0.25, -0.2) is 10.1 Å². The van der Waals surface area contributed by atoms with Gasteiger partial charge in [-0.3, -0.25) is 4.79 Å². The highest BCUT2D eigenvalue weighted by molar-refractivity contribution is 7.98. The number of nitrogens with one attached hydrogen (secondary N) is 1. The van der Waals surface area contributed by atoms with Crippen LogP contribution in [0, 0.1) is 0 Å².